The van der Waals surface area contributed by atoms with Gasteiger partial charge in [0.05, 0.1) is 18.5 Å². The fraction of sp³-hybridized carbons (Fsp3) is 0.700. The van der Waals surface area contributed by atoms with Crippen molar-refractivity contribution in [2.75, 3.05) is 6.54 Å². The summed E-state index contributed by atoms with van der Waals surface area (Å²) in [5, 5.41) is 0. The standard InChI is InChI=1S/C10H17N3O3/c1-6(14)8-3-2-4-13(8)9(15)5-7(11)10(12)16/h7-8H,2-5,11H2,1H3,(H2,12,16)/t7?,8-/m1/s1. The van der Waals surface area contributed by atoms with E-state index >= 15 is 0 Å². The summed E-state index contributed by atoms with van der Waals surface area (Å²) in [7, 11) is 0. The Morgan fingerprint density at radius 2 is 2.06 bits per heavy atom. The Balaban J connectivity index is 2.60. The minimum Gasteiger partial charge on any atom is -0.368 e. The summed E-state index contributed by atoms with van der Waals surface area (Å²) in [4.78, 5) is 35.2. The van der Waals surface area contributed by atoms with E-state index in [4.69, 9.17) is 11.5 Å². The van der Waals surface area contributed by atoms with E-state index in [2.05, 4.69) is 0 Å². The third-order valence-corrected chi connectivity index (χ3v) is 2.80. The van der Waals surface area contributed by atoms with Gasteiger partial charge in [-0.05, 0) is 19.8 Å². The molecule has 1 aliphatic heterocycles. The largest absolute Gasteiger partial charge is 0.368 e. The van der Waals surface area contributed by atoms with Crippen LogP contribution in [0.1, 0.15) is 26.2 Å². The summed E-state index contributed by atoms with van der Waals surface area (Å²) in [6.45, 7) is 2.01. The summed E-state index contributed by atoms with van der Waals surface area (Å²) >= 11 is 0. The second-order valence-corrected chi connectivity index (χ2v) is 4.07. The van der Waals surface area contributed by atoms with Crippen LogP contribution < -0.4 is 11.5 Å². The number of primary amides is 1. The number of nitrogens with two attached hydrogens (primary N) is 2. The second kappa shape index (κ2) is 5.07. The summed E-state index contributed by atoms with van der Waals surface area (Å²) in [6, 6.07) is -1.33. The van der Waals surface area contributed by atoms with Gasteiger partial charge in [0.15, 0.2) is 5.78 Å². The lowest BCUT2D eigenvalue weighted by molar-refractivity contribution is -0.138. The molecule has 1 fully saturated rings. The molecule has 16 heavy (non-hydrogen) atoms. The fourth-order valence-corrected chi connectivity index (χ4v) is 1.89. The molecule has 0 aromatic carbocycles. The van der Waals surface area contributed by atoms with Crippen LogP contribution in [0.3, 0.4) is 0 Å². The predicted octanol–water partition coefficient (Wildman–Crippen LogP) is -1.23. The van der Waals surface area contributed by atoms with Gasteiger partial charge in [-0.1, -0.05) is 0 Å². The Kier molecular flexibility index (Phi) is 4.00. The van der Waals surface area contributed by atoms with Crippen molar-refractivity contribution in [3.8, 4) is 0 Å². The number of carbonyl (C=O) groups excluding carboxylic acids is 3. The Morgan fingerprint density at radius 3 is 2.56 bits per heavy atom. The third kappa shape index (κ3) is 2.79. The van der Waals surface area contributed by atoms with Gasteiger partial charge in [0.1, 0.15) is 0 Å². The highest BCUT2D eigenvalue weighted by atomic mass is 16.2. The molecule has 0 aromatic heterocycles. The molecule has 4 N–H and O–H groups in total. The Hall–Kier alpha value is -1.43. The molecule has 6 heteroatoms. The van der Waals surface area contributed by atoms with Crippen LogP contribution in [0.25, 0.3) is 0 Å². The van der Waals surface area contributed by atoms with E-state index in [0.29, 0.717) is 13.0 Å². The highest BCUT2D eigenvalue weighted by molar-refractivity contribution is 5.91. The van der Waals surface area contributed by atoms with Crippen molar-refractivity contribution in [1.82, 2.24) is 4.90 Å². The topological polar surface area (TPSA) is 106 Å². The van der Waals surface area contributed by atoms with Gasteiger partial charge < -0.3 is 16.4 Å². The number of amides is 2. The molecule has 90 valence electrons. The van der Waals surface area contributed by atoms with Crippen LogP contribution in [0.4, 0.5) is 0 Å². The summed E-state index contributed by atoms with van der Waals surface area (Å²) in [6.07, 6.45) is 1.37. The smallest absolute Gasteiger partial charge is 0.234 e. The maximum Gasteiger partial charge on any atom is 0.234 e. The van der Waals surface area contributed by atoms with Gasteiger partial charge in [0, 0.05) is 6.54 Å². The first kappa shape index (κ1) is 12.6. The lowest BCUT2D eigenvalue weighted by Gasteiger charge is -2.23. The number of carbonyl (C=O) groups is 3. The zero-order chi connectivity index (χ0) is 12.3. The number of hydrogen-bond acceptors (Lipinski definition) is 4. The number of rotatable bonds is 4. The average molecular weight is 227 g/mol. The molecule has 6 nitrogen and oxygen atoms in total. The Morgan fingerprint density at radius 1 is 1.44 bits per heavy atom. The van der Waals surface area contributed by atoms with Crippen molar-refractivity contribution >= 4 is 17.6 Å². The third-order valence-electron chi connectivity index (χ3n) is 2.80. The van der Waals surface area contributed by atoms with Crippen molar-refractivity contribution < 1.29 is 14.4 Å². The normalized spacial score (nSPS) is 21.9. The number of Topliss-reactive ketones (excluding diaryl/α,β-unsaturated/α-hetero) is 1. The highest BCUT2D eigenvalue weighted by Gasteiger charge is 2.32. The molecule has 1 unspecified atom stereocenters. The fourth-order valence-electron chi connectivity index (χ4n) is 1.89. The van der Waals surface area contributed by atoms with E-state index in [0.717, 1.165) is 6.42 Å². The van der Waals surface area contributed by atoms with Gasteiger partial charge in [-0.15, -0.1) is 0 Å². The van der Waals surface area contributed by atoms with Crippen molar-refractivity contribution in [1.29, 1.82) is 0 Å². The maximum absolute atomic E-state index is 11.8. The van der Waals surface area contributed by atoms with Gasteiger partial charge in [0.25, 0.3) is 0 Å². The molecule has 0 spiro atoms. The van der Waals surface area contributed by atoms with Crippen LogP contribution in [-0.4, -0.2) is 41.1 Å². The summed E-state index contributed by atoms with van der Waals surface area (Å²) in [5.74, 6) is -1.01. The predicted molar refractivity (Wildman–Crippen MR) is 57.2 cm³/mol. The number of nitrogens with zero attached hydrogens (tertiary/aromatic N) is 1. The lowest BCUT2D eigenvalue weighted by atomic mass is 10.1. The minimum atomic E-state index is -0.972. The van der Waals surface area contributed by atoms with Crippen molar-refractivity contribution in [2.45, 2.75) is 38.3 Å². The molecule has 0 bridgehead atoms. The molecule has 1 aliphatic rings. The first-order valence-electron chi connectivity index (χ1n) is 5.28. The molecule has 0 radical (unpaired) electrons. The van der Waals surface area contributed by atoms with Gasteiger partial charge in [-0.25, -0.2) is 0 Å². The zero-order valence-electron chi connectivity index (χ0n) is 9.31. The minimum absolute atomic E-state index is 0.0292. The van der Waals surface area contributed by atoms with Gasteiger partial charge >= 0.3 is 0 Å². The average Bonchev–Trinajstić information content (AvgIpc) is 2.65. The molecule has 1 heterocycles. The quantitative estimate of drug-likeness (QED) is 0.627. The van der Waals surface area contributed by atoms with Gasteiger partial charge in [-0.2, -0.15) is 0 Å². The molecular formula is C10H17N3O3. The van der Waals surface area contributed by atoms with Crippen LogP contribution in [0, 0.1) is 0 Å². The zero-order valence-corrected chi connectivity index (χ0v) is 9.31. The summed E-state index contributed by atoms with van der Waals surface area (Å²) in [5.41, 5.74) is 10.4. The lowest BCUT2D eigenvalue weighted by Crippen LogP contribution is -2.45. The number of likely N-dealkylation sites (tertiary alicyclic amines) is 1. The van der Waals surface area contributed by atoms with Crippen LogP contribution in [0.5, 0.6) is 0 Å². The SMILES string of the molecule is CC(=O)[C@H]1CCCN1C(=O)CC(N)C(N)=O. The van der Waals surface area contributed by atoms with E-state index in [-0.39, 0.29) is 24.2 Å². The van der Waals surface area contributed by atoms with Crippen LogP contribution in [0.2, 0.25) is 0 Å². The van der Waals surface area contributed by atoms with Crippen molar-refractivity contribution in [3.63, 3.8) is 0 Å². The molecule has 1 rings (SSSR count). The monoisotopic (exact) mass is 227 g/mol. The molecule has 0 saturated carbocycles. The van der Waals surface area contributed by atoms with E-state index in [1.807, 2.05) is 0 Å². The van der Waals surface area contributed by atoms with Crippen LogP contribution in [0.15, 0.2) is 0 Å². The summed E-state index contributed by atoms with van der Waals surface area (Å²) < 4.78 is 0. The maximum atomic E-state index is 11.8. The second-order valence-electron chi connectivity index (χ2n) is 4.07. The number of hydrogen-bond donors (Lipinski definition) is 2. The Labute approximate surface area is 93.9 Å². The first-order valence-corrected chi connectivity index (χ1v) is 5.28. The van der Waals surface area contributed by atoms with Crippen LogP contribution >= 0.6 is 0 Å². The van der Waals surface area contributed by atoms with Gasteiger partial charge in [0.2, 0.25) is 11.8 Å². The van der Waals surface area contributed by atoms with E-state index < -0.39 is 11.9 Å². The molecule has 2 atom stereocenters. The van der Waals surface area contributed by atoms with Gasteiger partial charge in [-0.3, -0.25) is 14.4 Å². The molecular weight excluding hydrogens is 210 g/mol. The molecule has 0 aromatic rings. The molecule has 1 saturated heterocycles. The number of ketones is 1. The highest BCUT2D eigenvalue weighted by Crippen LogP contribution is 2.19. The molecule has 0 aliphatic carbocycles. The van der Waals surface area contributed by atoms with Crippen LogP contribution in [-0.2, 0) is 14.4 Å². The van der Waals surface area contributed by atoms with E-state index in [1.165, 1.54) is 11.8 Å². The Bertz CT molecular complexity index is 316. The van der Waals surface area contributed by atoms with E-state index in [9.17, 15) is 14.4 Å². The molecule has 2 amide bonds. The van der Waals surface area contributed by atoms with Crippen molar-refractivity contribution in [2.24, 2.45) is 11.5 Å². The first-order chi connectivity index (χ1) is 7.43. The van der Waals surface area contributed by atoms with Crippen molar-refractivity contribution in [3.05, 3.63) is 0 Å². The van der Waals surface area contributed by atoms with E-state index in [1.54, 1.807) is 0 Å².